The van der Waals surface area contributed by atoms with E-state index in [0.717, 1.165) is 11.5 Å². The maximum atomic E-state index is 10.9. The highest BCUT2D eigenvalue weighted by atomic mass is 32.1. The SMILES string of the molecule is CCOC(=O)Nc1nc(NC)ns1. The van der Waals surface area contributed by atoms with E-state index < -0.39 is 6.09 Å². The van der Waals surface area contributed by atoms with E-state index in [-0.39, 0.29) is 0 Å². The molecule has 1 heterocycles. The van der Waals surface area contributed by atoms with Gasteiger partial charge in [0.25, 0.3) is 0 Å². The van der Waals surface area contributed by atoms with Crippen molar-refractivity contribution in [2.75, 3.05) is 24.3 Å². The van der Waals surface area contributed by atoms with Gasteiger partial charge in [-0.25, -0.2) is 4.79 Å². The summed E-state index contributed by atoms with van der Waals surface area (Å²) in [5, 5.41) is 5.61. The minimum Gasteiger partial charge on any atom is -0.450 e. The molecule has 0 aliphatic heterocycles. The third-order valence-corrected chi connectivity index (χ3v) is 1.76. The molecule has 0 bridgehead atoms. The molecule has 0 spiro atoms. The van der Waals surface area contributed by atoms with Crippen molar-refractivity contribution in [1.29, 1.82) is 0 Å². The number of hydrogen-bond acceptors (Lipinski definition) is 6. The number of nitrogens with one attached hydrogen (secondary N) is 2. The Balaban J connectivity index is 2.49. The van der Waals surface area contributed by atoms with Gasteiger partial charge >= 0.3 is 6.09 Å². The van der Waals surface area contributed by atoms with E-state index >= 15 is 0 Å². The van der Waals surface area contributed by atoms with E-state index in [1.807, 2.05) is 0 Å². The molecule has 6 nitrogen and oxygen atoms in total. The molecule has 0 unspecified atom stereocenters. The second kappa shape index (κ2) is 4.61. The van der Waals surface area contributed by atoms with Gasteiger partial charge in [-0.05, 0) is 6.92 Å². The zero-order valence-corrected chi connectivity index (χ0v) is 8.14. The number of rotatable bonds is 3. The Bertz CT molecular complexity index is 288. The molecule has 0 aliphatic rings. The molecule has 1 aromatic rings. The van der Waals surface area contributed by atoms with Crippen molar-refractivity contribution in [3.63, 3.8) is 0 Å². The van der Waals surface area contributed by atoms with Gasteiger partial charge in [0.15, 0.2) is 0 Å². The largest absolute Gasteiger partial charge is 0.450 e. The van der Waals surface area contributed by atoms with Crippen LogP contribution in [0.1, 0.15) is 6.92 Å². The summed E-state index contributed by atoms with van der Waals surface area (Å²) in [5.74, 6) is 0.483. The molecule has 1 rings (SSSR count). The van der Waals surface area contributed by atoms with Crippen molar-refractivity contribution in [2.24, 2.45) is 0 Å². The predicted molar refractivity (Wildman–Crippen MR) is 50.1 cm³/mol. The Kier molecular flexibility index (Phi) is 3.44. The number of hydrogen-bond donors (Lipinski definition) is 2. The molecular formula is C6H10N4O2S. The maximum Gasteiger partial charge on any atom is 0.413 e. The minimum atomic E-state index is -0.513. The van der Waals surface area contributed by atoms with Crippen LogP contribution in [-0.2, 0) is 4.74 Å². The van der Waals surface area contributed by atoms with E-state index in [0.29, 0.717) is 17.7 Å². The summed E-state index contributed by atoms with van der Waals surface area (Å²) >= 11 is 1.09. The summed E-state index contributed by atoms with van der Waals surface area (Å²) in [4.78, 5) is 14.8. The highest BCUT2D eigenvalue weighted by Crippen LogP contribution is 2.13. The lowest BCUT2D eigenvalue weighted by molar-refractivity contribution is 0.168. The van der Waals surface area contributed by atoms with Gasteiger partial charge < -0.3 is 10.1 Å². The van der Waals surface area contributed by atoms with Crippen LogP contribution in [0.4, 0.5) is 15.9 Å². The second-order valence-electron chi connectivity index (χ2n) is 2.02. The first-order valence-electron chi connectivity index (χ1n) is 3.71. The average Bonchev–Trinajstić information content (AvgIpc) is 2.52. The van der Waals surface area contributed by atoms with Crippen LogP contribution >= 0.6 is 11.5 Å². The molecule has 2 N–H and O–H groups in total. The van der Waals surface area contributed by atoms with E-state index in [4.69, 9.17) is 0 Å². The molecule has 1 aromatic heterocycles. The zero-order chi connectivity index (χ0) is 9.68. The smallest absolute Gasteiger partial charge is 0.413 e. The summed E-state index contributed by atoms with van der Waals surface area (Å²) in [6.45, 7) is 2.07. The van der Waals surface area contributed by atoms with Crippen LogP contribution in [0.3, 0.4) is 0 Å². The molecule has 13 heavy (non-hydrogen) atoms. The number of nitrogens with zero attached hydrogens (tertiary/aromatic N) is 2. The molecular weight excluding hydrogens is 192 g/mol. The summed E-state index contributed by atoms with van der Waals surface area (Å²) in [6.07, 6.45) is -0.513. The van der Waals surface area contributed by atoms with Crippen LogP contribution in [0.15, 0.2) is 0 Å². The third-order valence-electron chi connectivity index (χ3n) is 1.13. The first-order chi connectivity index (χ1) is 6.26. The number of anilines is 2. The van der Waals surface area contributed by atoms with Gasteiger partial charge in [0.05, 0.1) is 6.61 Å². The molecule has 7 heteroatoms. The van der Waals surface area contributed by atoms with Gasteiger partial charge in [0.1, 0.15) is 0 Å². The first-order valence-corrected chi connectivity index (χ1v) is 4.48. The van der Waals surface area contributed by atoms with E-state index in [1.165, 1.54) is 0 Å². The Morgan fingerprint density at radius 3 is 3.00 bits per heavy atom. The number of amides is 1. The summed E-state index contributed by atoms with van der Waals surface area (Å²) in [7, 11) is 1.70. The van der Waals surface area contributed by atoms with Crippen LogP contribution in [0.5, 0.6) is 0 Å². The lowest BCUT2D eigenvalue weighted by Gasteiger charge is -1.99. The van der Waals surface area contributed by atoms with Gasteiger partial charge in [0.2, 0.25) is 11.1 Å². The zero-order valence-electron chi connectivity index (χ0n) is 7.33. The molecule has 0 aliphatic carbocycles. The summed E-state index contributed by atoms with van der Waals surface area (Å²) < 4.78 is 8.55. The standard InChI is InChI=1S/C6H10N4O2S/c1-3-12-6(11)9-5-8-4(7-2)10-13-5/h3H2,1-2H3,(H2,7,8,9,10,11). The number of aromatic nitrogens is 2. The van der Waals surface area contributed by atoms with E-state index in [1.54, 1.807) is 14.0 Å². The van der Waals surface area contributed by atoms with Gasteiger partial charge in [-0.3, -0.25) is 5.32 Å². The summed E-state index contributed by atoms with van der Waals surface area (Å²) in [6, 6.07) is 0. The quantitative estimate of drug-likeness (QED) is 0.768. The lowest BCUT2D eigenvalue weighted by Crippen LogP contribution is -2.12. The Morgan fingerprint density at radius 2 is 2.46 bits per heavy atom. The van der Waals surface area contributed by atoms with E-state index in [9.17, 15) is 4.79 Å². The number of carbonyl (C=O) groups is 1. The Hall–Kier alpha value is -1.37. The molecule has 0 aromatic carbocycles. The highest BCUT2D eigenvalue weighted by Gasteiger charge is 2.06. The fraction of sp³-hybridized carbons (Fsp3) is 0.500. The number of ether oxygens (including phenoxy) is 1. The molecule has 1 amide bonds. The van der Waals surface area contributed by atoms with Crippen LogP contribution < -0.4 is 10.6 Å². The van der Waals surface area contributed by atoms with Crippen molar-refractivity contribution in [1.82, 2.24) is 9.36 Å². The second-order valence-corrected chi connectivity index (χ2v) is 2.77. The highest BCUT2D eigenvalue weighted by molar-refractivity contribution is 7.10. The van der Waals surface area contributed by atoms with Crippen molar-refractivity contribution < 1.29 is 9.53 Å². The van der Waals surface area contributed by atoms with Crippen molar-refractivity contribution in [2.45, 2.75) is 6.92 Å². The van der Waals surface area contributed by atoms with Crippen LogP contribution in [-0.4, -0.2) is 29.1 Å². The van der Waals surface area contributed by atoms with Gasteiger partial charge in [-0.15, -0.1) is 0 Å². The fourth-order valence-electron chi connectivity index (χ4n) is 0.630. The number of carbonyl (C=O) groups excluding carboxylic acids is 1. The lowest BCUT2D eigenvalue weighted by atomic mass is 10.8. The van der Waals surface area contributed by atoms with Crippen LogP contribution in [0.25, 0.3) is 0 Å². The monoisotopic (exact) mass is 202 g/mol. The molecule has 0 atom stereocenters. The summed E-state index contributed by atoms with van der Waals surface area (Å²) in [5.41, 5.74) is 0. The molecule has 0 saturated heterocycles. The van der Waals surface area contributed by atoms with Gasteiger partial charge in [0, 0.05) is 18.6 Å². The van der Waals surface area contributed by atoms with Crippen LogP contribution in [0, 0.1) is 0 Å². The van der Waals surface area contributed by atoms with Crippen molar-refractivity contribution in [3.8, 4) is 0 Å². The molecule has 0 fully saturated rings. The topological polar surface area (TPSA) is 76.1 Å². The maximum absolute atomic E-state index is 10.9. The average molecular weight is 202 g/mol. The minimum absolute atomic E-state index is 0.337. The molecule has 0 saturated carbocycles. The Morgan fingerprint density at radius 1 is 1.69 bits per heavy atom. The molecule has 72 valence electrons. The Labute approximate surface area is 79.5 Å². The van der Waals surface area contributed by atoms with Crippen molar-refractivity contribution in [3.05, 3.63) is 0 Å². The third kappa shape index (κ3) is 2.86. The van der Waals surface area contributed by atoms with Gasteiger partial charge in [-0.1, -0.05) is 0 Å². The van der Waals surface area contributed by atoms with Gasteiger partial charge in [-0.2, -0.15) is 9.36 Å². The predicted octanol–water partition coefficient (Wildman–Crippen LogP) is 1.15. The van der Waals surface area contributed by atoms with Crippen LogP contribution in [0.2, 0.25) is 0 Å². The van der Waals surface area contributed by atoms with E-state index in [2.05, 4.69) is 24.7 Å². The van der Waals surface area contributed by atoms with Crippen molar-refractivity contribution >= 4 is 28.7 Å². The normalized spacial score (nSPS) is 9.38. The first kappa shape index (κ1) is 9.72. The molecule has 0 radical (unpaired) electrons. The fourth-order valence-corrected chi connectivity index (χ4v) is 1.19.